The molecule has 1 unspecified atom stereocenters. The molecule has 2 aromatic carbocycles. The van der Waals surface area contributed by atoms with Crippen molar-refractivity contribution < 1.29 is 22.9 Å². The molecular formula is C31H41Cl2F2N4O2+. The molecule has 2 heterocycles. The number of piperidine rings is 2. The van der Waals surface area contributed by atoms with E-state index in [1.54, 1.807) is 18.0 Å². The van der Waals surface area contributed by atoms with Crippen molar-refractivity contribution in [2.24, 2.45) is 0 Å². The summed E-state index contributed by atoms with van der Waals surface area (Å²) in [6.07, 6.45) is 5.50. The number of nitrogens with zero attached hydrogens (tertiary/aromatic N) is 3. The van der Waals surface area contributed by atoms with Crippen LogP contribution in [0.5, 0.6) is 0 Å². The second kappa shape index (κ2) is 13.4. The molecule has 0 aliphatic carbocycles. The number of halogens is 4. The lowest BCUT2D eigenvalue weighted by Gasteiger charge is -2.56. The first kappa shape index (κ1) is 31.7. The molecule has 0 spiro atoms. The fourth-order valence-corrected chi connectivity index (χ4v) is 7.25. The SMILES string of the molecule is CN(C)C(=O)C1([N+]2(CCC(CN(C)C(=O)c3cc(F)ccc3F)c3ccc(Cl)c(Cl)c3)CCCCC2)CCNCC1. The molecule has 10 heteroatoms. The van der Waals surface area contributed by atoms with Crippen LogP contribution in [0.15, 0.2) is 36.4 Å². The summed E-state index contributed by atoms with van der Waals surface area (Å²) in [6.45, 7) is 4.47. The summed E-state index contributed by atoms with van der Waals surface area (Å²) in [5.41, 5.74) is 0.0985. The summed E-state index contributed by atoms with van der Waals surface area (Å²) in [4.78, 5) is 30.4. The van der Waals surface area contributed by atoms with Crippen LogP contribution < -0.4 is 5.32 Å². The van der Waals surface area contributed by atoms with E-state index in [0.717, 1.165) is 93.1 Å². The Kier molecular flexibility index (Phi) is 10.3. The van der Waals surface area contributed by atoms with E-state index in [4.69, 9.17) is 23.2 Å². The number of hydrogen-bond acceptors (Lipinski definition) is 3. The number of carbonyl (C=O) groups excluding carboxylic acids is 2. The Labute approximate surface area is 252 Å². The summed E-state index contributed by atoms with van der Waals surface area (Å²) < 4.78 is 29.1. The standard InChI is InChI=1S/C31H41Cl2F2N4O2/c1-37(2)30(41)31(12-14-36-15-13-31)39(16-5-4-6-17-39)18-11-23(22-7-9-26(32)27(33)19-22)21-38(3)29(40)25-20-24(34)8-10-28(25)35/h7-10,19-20,23,36H,4-6,11-18,21H2,1-3H3/q+1. The number of carbonyl (C=O) groups is 2. The van der Waals surface area contributed by atoms with Crippen LogP contribution in [-0.2, 0) is 4.79 Å². The van der Waals surface area contributed by atoms with Crippen LogP contribution in [0.1, 0.15) is 60.4 Å². The molecule has 4 rings (SSSR count). The van der Waals surface area contributed by atoms with Gasteiger partial charge in [0.2, 0.25) is 0 Å². The van der Waals surface area contributed by atoms with Gasteiger partial charge in [-0.2, -0.15) is 0 Å². The largest absolute Gasteiger partial charge is 0.343 e. The number of likely N-dealkylation sites (N-methyl/N-ethyl adjacent to an activating group) is 2. The molecule has 1 N–H and O–H groups in total. The lowest BCUT2D eigenvalue weighted by atomic mass is 9.79. The maximum absolute atomic E-state index is 14.5. The lowest BCUT2D eigenvalue weighted by Crippen LogP contribution is -2.74. The number of benzene rings is 2. The highest BCUT2D eigenvalue weighted by atomic mass is 35.5. The van der Waals surface area contributed by atoms with Crippen LogP contribution in [-0.4, -0.2) is 92.0 Å². The van der Waals surface area contributed by atoms with Crippen molar-refractivity contribution >= 4 is 35.0 Å². The highest BCUT2D eigenvalue weighted by Crippen LogP contribution is 2.40. The molecule has 2 aliphatic rings. The fraction of sp³-hybridized carbons (Fsp3) is 0.548. The van der Waals surface area contributed by atoms with Gasteiger partial charge in [-0.05, 0) is 55.2 Å². The molecule has 0 radical (unpaired) electrons. The topological polar surface area (TPSA) is 52.7 Å². The van der Waals surface area contributed by atoms with E-state index >= 15 is 0 Å². The Bertz CT molecular complexity index is 1250. The molecule has 1 atom stereocenters. The second-order valence-electron chi connectivity index (χ2n) is 11.8. The number of rotatable bonds is 9. The number of quaternary nitrogens is 1. The van der Waals surface area contributed by atoms with E-state index in [9.17, 15) is 18.4 Å². The Morgan fingerprint density at radius 3 is 2.29 bits per heavy atom. The van der Waals surface area contributed by atoms with Crippen molar-refractivity contribution in [1.82, 2.24) is 15.1 Å². The average Bonchev–Trinajstić information content (AvgIpc) is 2.97. The minimum absolute atomic E-state index is 0.166. The van der Waals surface area contributed by atoms with Gasteiger partial charge in [0.15, 0.2) is 5.54 Å². The van der Waals surface area contributed by atoms with Crippen molar-refractivity contribution in [3.05, 3.63) is 69.2 Å². The molecular weight excluding hydrogens is 569 g/mol. The van der Waals surface area contributed by atoms with Crippen molar-refractivity contribution in [2.75, 3.05) is 60.4 Å². The first-order chi connectivity index (χ1) is 19.5. The predicted octanol–water partition coefficient (Wildman–Crippen LogP) is 5.73. The van der Waals surface area contributed by atoms with Gasteiger partial charge >= 0.3 is 0 Å². The summed E-state index contributed by atoms with van der Waals surface area (Å²) in [5, 5.41) is 4.30. The maximum Gasteiger partial charge on any atom is 0.283 e. The van der Waals surface area contributed by atoms with Crippen LogP contribution in [0.25, 0.3) is 0 Å². The van der Waals surface area contributed by atoms with Gasteiger partial charge in [0.1, 0.15) is 11.6 Å². The summed E-state index contributed by atoms with van der Waals surface area (Å²) in [7, 11) is 5.29. The van der Waals surface area contributed by atoms with Crippen molar-refractivity contribution in [2.45, 2.75) is 50.0 Å². The molecule has 0 saturated carbocycles. The van der Waals surface area contributed by atoms with E-state index in [0.29, 0.717) is 16.5 Å². The van der Waals surface area contributed by atoms with Gasteiger partial charge in [-0.25, -0.2) is 8.78 Å². The Morgan fingerprint density at radius 2 is 1.66 bits per heavy atom. The molecule has 0 aromatic heterocycles. The van der Waals surface area contributed by atoms with Crippen molar-refractivity contribution in [3.63, 3.8) is 0 Å². The molecule has 41 heavy (non-hydrogen) atoms. The van der Waals surface area contributed by atoms with Crippen LogP contribution in [0.2, 0.25) is 10.0 Å². The lowest BCUT2D eigenvalue weighted by molar-refractivity contribution is -0.972. The van der Waals surface area contributed by atoms with E-state index in [1.165, 1.54) is 4.90 Å². The third-order valence-corrected chi connectivity index (χ3v) is 9.87. The monoisotopic (exact) mass is 609 g/mol. The van der Waals surface area contributed by atoms with Gasteiger partial charge < -0.3 is 19.6 Å². The normalized spacial score (nSPS) is 18.9. The number of amides is 2. The smallest absolute Gasteiger partial charge is 0.283 e. The van der Waals surface area contributed by atoms with E-state index in [-0.39, 0.29) is 23.9 Å². The fourth-order valence-electron chi connectivity index (χ4n) is 6.94. The molecule has 6 nitrogen and oxygen atoms in total. The quantitative estimate of drug-likeness (QED) is 0.370. The van der Waals surface area contributed by atoms with Crippen molar-refractivity contribution in [3.8, 4) is 0 Å². The van der Waals surface area contributed by atoms with E-state index < -0.39 is 23.1 Å². The molecule has 0 bridgehead atoms. The third-order valence-electron chi connectivity index (χ3n) is 9.14. The van der Waals surface area contributed by atoms with Gasteiger partial charge in [-0.3, -0.25) is 9.59 Å². The highest BCUT2D eigenvalue weighted by Gasteiger charge is 2.57. The number of likely N-dealkylation sites (tertiary alicyclic amines) is 1. The van der Waals surface area contributed by atoms with Gasteiger partial charge in [0.05, 0.1) is 35.2 Å². The minimum atomic E-state index is -0.762. The average molecular weight is 611 g/mol. The molecule has 2 saturated heterocycles. The molecule has 224 valence electrons. The molecule has 2 aliphatic heterocycles. The van der Waals surface area contributed by atoms with Crippen LogP contribution >= 0.6 is 23.2 Å². The zero-order valence-corrected chi connectivity index (χ0v) is 25.7. The van der Waals surface area contributed by atoms with Crippen molar-refractivity contribution in [1.29, 1.82) is 0 Å². The Balaban J connectivity index is 1.67. The molecule has 2 amide bonds. The zero-order valence-electron chi connectivity index (χ0n) is 24.2. The maximum atomic E-state index is 14.5. The summed E-state index contributed by atoms with van der Waals surface area (Å²) >= 11 is 12.7. The third kappa shape index (κ3) is 6.71. The predicted molar refractivity (Wildman–Crippen MR) is 159 cm³/mol. The molecule has 2 fully saturated rings. The summed E-state index contributed by atoms with van der Waals surface area (Å²) in [5.74, 6) is -2.01. The number of nitrogens with one attached hydrogen (secondary N) is 1. The minimum Gasteiger partial charge on any atom is -0.343 e. The zero-order chi connectivity index (χ0) is 29.8. The second-order valence-corrected chi connectivity index (χ2v) is 12.6. The molecule has 2 aromatic rings. The van der Waals surface area contributed by atoms with Crippen LogP contribution in [0.3, 0.4) is 0 Å². The first-order valence-corrected chi connectivity index (χ1v) is 15.2. The van der Waals surface area contributed by atoms with Crippen LogP contribution in [0.4, 0.5) is 8.78 Å². The van der Waals surface area contributed by atoms with Gasteiger partial charge in [0, 0.05) is 66.0 Å². The van der Waals surface area contributed by atoms with Gasteiger partial charge in [0.25, 0.3) is 11.8 Å². The summed E-state index contributed by atoms with van der Waals surface area (Å²) in [6, 6.07) is 8.38. The number of hydrogen-bond donors (Lipinski definition) is 1. The Morgan fingerprint density at radius 1 is 0.976 bits per heavy atom. The van der Waals surface area contributed by atoms with Gasteiger partial charge in [-0.15, -0.1) is 0 Å². The highest BCUT2D eigenvalue weighted by molar-refractivity contribution is 6.42. The first-order valence-electron chi connectivity index (χ1n) is 14.4. The van der Waals surface area contributed by atoms with E-state index in [2.05, 4.69) is 5.32 Å². The van der Waals surface area contributed by atoms with E-state index in [1.807, 2.05) is 26.2 Å². The van der Waals surface area contributed by atoms with Gasteiger partial charge in [-0.1, -0.05) is 29.3 Å². The Hall–Kier alpha value is -2.26. The van der Waals surface area contributed by atoms with Crippen LogP contribution in [0, 0.1) is 11.6 Å².